The van der Waals surface area contributed by atoms with Crippen LogP contribution in [0.1, 0.15) is 25.7 Å². The Labute approximate surface area is 110 Å². The van der Waals surface area contributed by atoms with Crippen molar-refractivity contribution in [1.29, 1.82) is 5.26 Å². The molecule has 0 aromatic heterocycles. The predicted molar refractivity (Wildman–Crippen MR) is 71.3 cm³/mol. The maximum Gasteiger partial charge on any atom is 0.356 e. The first-order valence-corrected chi connectivity index (χ1v) is 9.66. The van der Waals surface area contributed by atoms with E-state index in [0.717, 1.165) is 31.3 Å². The van der Waals surface area contributed by atoms with Gasteiger partial charge in [0.05, 0.1) is 7.11 Å². The number of nitriles is 1. The fourth-order valence-electron chi connectivity index (χ4n) is 2.14. The average molecular weight is 267 g/mol. The lowest BCUT2D eigenvalue weighted by atomic mass is 9.86. The van der Waals surface area contributed by atoms with E-state index in [4.69, 9.17) is 9.16 Å². The molecule has 0 N–H and O–H groups in total. The molecule has 0 heterocycles. The van der Waals surface area contributed by atoms with E-state index in [9.17, 15) is 10.1 Å². The van der Waals surface area contributed by atoms with Crippen molar-refractivity contribution in [2.24, 2.45) is 0 Å². The molecule has 0 bridgehead atoms. The van der Waals surface area contributed by atoms with Crippen LogP contribution in [0.15, 0.2) is 11.6 Å². The molecule has 0 saturated carbocycles. The molecule has 1 rings (SSSR count). The topological polar surface area (TPSA) is 59.3 Å². The van der Waals surface area contributed by atoms with Gasteiger partial charge in [-0.25, -0.2) is 4.79 Å². The van der Waals surface area contributed by atoms with E-state index in [-0.39, 0.29) is 0 Å². The lowest BCUT2D eigenvalue weighted by Crippen LogP contribution is -2.50. The maximum atomic E-state index is 12.1. The smallest absolute Gasteiger partial charge is 0.356 e. The average Bonchev–Trinajstić information content (AvgIpc) is 2.35. The Balaban J connectivity index is 3.18. The second kappa shape index (κ2) is 5.68. The summed E-state index contributed by atoms with van der Waals surface area (Å²) in [6.45, 7) is 5.89. The zero-order valence-electron chi connectivity index (χ0n) is 11.6. The molecule has 0 amide bonds. The SMILES string of the molecule is COC(=O)[C@@](C#N)(O[Si](C)(C)C)C1=CCCCC1. The molecular formula is C13H21NO3Si. The Bertz CT molecular complexity index is 392. The van der Waals surface area contributed by atoms with E-state index < -0.39 is 19.9 Å². The minimum atomic E-state index is -2.04. The van der Waals surface area contributed by atoms with Crippen molar-refractivity contribution in [2.75, 3.05) is 7.11 Å². The van der Waals surface area contributed by atoms with E-state index in [1.807, 2.05) is 25.7 Å². The van der Waals surface area contributed by atoms with Crippen LogP contribution >= 0.6 is 0 Å². The summed E-state index contributed by atoms with van der Waals surface area (Å²) < 4.78 is 10.7. The summed E-state index contributed by atoms with van der Waals surface area (Å²) >= 11 is 0. The summed E-state index contributed by atoms with van der Waals surface area (Å²) in [7, 11) is -0.744. The molecule has 0 aromatic carbocycles. The van der Waals surface area contributed by atoms with Crippen LogP contribution in [-0.4, -0.2) is 27.0 Å². The number of hydrogen-bond donors (Lipinski definition) is 0. The van der Waals surface area contributed by atoms with Gasteiger partial charge in [0.1, 0.15) is 6.07 Å². The number of carbonyl (C=O) groups is 1. The van der Waals surface area contributed by atoms with Crippen LogP contribution in [0.4, 0.5) is 0 Å². The van der Waals surface area contributed by atoms with Gasteiger partial charge in [0.15, 0.2) is 8.32 Å². The van der Waals surface area contributed by atoms with Gasteiger partial charge in [0, 0.05) is 0 Å². The summed E-state index contributed by atoms with van der Waals surface area (Å²) in [5.74, 6) is -0.597. The van der Waals surface area contributed by atoms with E-state index in [2.05, 4.69) is 6.07 Å². The molecule has 1 atom stereocenters. The number of allylic oxidation sites excluding steroid dienone is 1. The van der Waals surface area contributed by atoms with Crippen LogP contribution in [0.5, 0.6) is 0 Å². The highest BCUT2D eigenvalue weighted by Gasteiger charge is 2.48. The molecule has 0 spiro atoms. The number of carbonyl (C=O) groups excluding carboxylic acids is 1. The Morgan fingerprint density at radius 3 is 2.50 bits per heavy atom. The molecule has 4 nitrogen and oxygen atoms in total. The fraction of sp³-hybridized carbons (Fsp3) is 0.692. The molecule has 18 heavy (non-hydrogen) atoms. The molecule has 0 unspecified atom stereocenters. The Kier molecular flexibility index (Phi) is 4.71. The Morgan fingerprint density at radius 2 is 2.11 bits per heavy atom. The molecule has 0 aliphatic heterocycles. The van der Waals surface area contributed by atoms with Crippen LogP contribution in [0.25, 0.3) is 0 Å². The second-order valence-electron chi connectivity index (χ2n) is 5.47. The highest BCUT2D eigenvalue weighted by molar-refractivity contribution is 6.70. The van der Waals surface area contributed by atoms with Crippen LogP contribution < -0.4 is 0 Å². The lowest BCUT2D eigenvalue weighted by molar-refractivity contribution is -0.152. The van der Waals surface area contributed by atoms with E-state index in [0.29, 0.717) is 0 Å². The Morgan fingerprint density at radius 1 is 1.44 bits per heavy atom. The van der Waals surface area contributed by atoms with Crippen molar-refractivity contribution in [3.63, 3.8) is 0 Å². The minimum Gasteiger partial charge on any atom is -0.466 e. The summed E-state index contributed by atoms with van der Waals surface area (Å²) in [6.07, 6.45) is 5.67. The van der Waals surface area contributed by atoms with Gasteiger partial charge >= 0.3 is 5.97 Å². The molecule has 1 aliphatic rings. The van der Waals surface area contributed by atoms with E-state index >= 15 is 0 Å². The first-order valence-electron chi connectivity index (χ1n) is 6.25. The zero-order chi connectivity index (χ0) is 13.8. The molecule has 0 radical (unpaired) electrons. The van der Waals surface area contributed by atoms with Gasteiger partial charge in [-0.05, 0) is 50.9 Å². The lowest BCUT2D eigenvalue weighted by Gasteiger charge is -2.34. The number of esters is 1. The number of ether oxygens (including phenoxy) is 1. The third-order valence-electron chi connectivity index (χ3n) is 2.83. The highest BCUT2D eigenvalue weighted by atomic mass is 28.4. The van der Waals surface area contributed by atoms with Gasteiger partial charge < -0.3 is 9.16 Å². The van der Waals surface area contributed by atoms with Gasteiger partial charge in [-0.3, -0.25) is 0 Å². The maximum absolute atomic E-state index is 12.1. The zero-order valence-corrected chi connectivity index (χ0v) is 12.6. The molecule has 0 aromatic rings. The quantitative estimate of drug-likeness (QED) is 0.446. The fourth-order valence-corrected chi connectivity index (χ4v) is 3.32. The van der Waals surface area contributed by atoms with Crippen LogP contribution in [-0.2, 0) is 14.0 Å². The number of hydrogen-bond acceptors (Lipinski definition) is 4. The first kappa shape index (κ1) is 14.9. The molecule has 0 fully saturated rings. The third kappa shape index (κ3) is 3.21. The van der Waals surface area contributed by atoms with Gasteiger partial charge in [0.25, 0.3) is 5.60 Å². The molecule has 0 saturated heterocycles. The molecule has 5 heteroatoms. The van der Waals surface area contributed by atoms with Gasteiger partial charge in [-0.1, -0.05) is 6.08 Å². The summed E-state index contributed by atoms with van der Waals surface area (Å²) in [4.78, 5) is 12.1. The van der Waals surface area contributed by atoms with Crippen molar-refractivity contribution in [1.82, 2.24) is 0 Å². The summed E-state index contributed by atoms with van der Waals surface area (Å²) in [6, 6.07) is 2.06. The van der Waals surface area contributed by atoms with E-state index in [1.165, 1.54) is 7.11 Å². The second-order valence-corrected chi connectivity index (χ2v) is 9.90. The standard InChI is InChI=1S/C13H21NO3Si/c1-16-12(15)13(10-14,17-18(2,3)4)11-8-6-5-7-9-11/h8H,5-7,9H2,1-4H3/t13-/m0/s1. The normalized spacial score (nSPS) is 19.4. The predicted octanol–water partition coefficient (Wildman–Crippen LogP) is 2.77. The van der Waals surface area contributed by atoms with Crippen LogP contribution in [0.3, 0.4) is 0 Å². The van der Waals surface area contributed by atoms with Crippen molar-refractivity contribution >= 4 is 14.3 Å². The van der Waals surface area contributed by atoms with Gasteiger partial charge in [0.2, 0.25) is 0 Å². The largest absolute Gasteiger partial charge is 0.466 e. The highest BCUT2D eigenvalue weighted by Crippen LogP contribution is 2.33. The Hall–Kier alpha value is -1.12. The monoisotopic (exact) mass is 267 g/mol. The van der Waals surface area contributed by atoms with Crippen molar-refractivity contribution in [3.05, 3.63) is 11.6 Å². The first-order chi connectivity index (χ1) is 8.35. The number of nitrogens with zero attached hydrogens (tertiary/aromatic N) is 1. The number of methoxy groups -OCH3 is 1. The van der Waals surface area contributed by atoms with Crippen LogP contribution in [0.2, 0.25) is 19.6 Å². The number of rotatable bonds is 4. The van der Waals surface area contributed by atoms with Gasteiger partial charge in [-0.2, -0.15) is 5.26 Å². The van der Waals surface area contributed by atoms with E-state index in [1.54, 1.807) is 0 Å². The van der Waals surface area contributed by atoms with Crippen LogP contribution in [0, 0.1) is 11.3 Å². The van der Waals surface area contributed by atoms with Gasteiger partial charge in [-0.15, -0.1) is 0 Å². The molecule has 100 valence electrons. The van der Waals surface area contributed by atoms with Crippen molar-refractivity contribution < 1.29 is 14.0 Å². The molecule has 1 aliphatic carbocycles. The van der Waals surface area contributed by atoms with Crippen molar-refractivity contribution in [3.8, 4) is 6.07 Å². The minimum absolute atomic E-state index is 0.597. The molecular weight excluding hydrogens is 246 g/mol. The van der Waals surface area contributed by atoms with Crippen molar-refractivity contribution in [2.45, 2.75) is 50.9 Å². The summed E-state index contributed by atoms with van der Waals surface area (Å²) in [5, 5.41) is 9.50. The summed E-state index contributed by atoms with van der Waals surface area (Å²) in [5.41, 5.74) is -0.759. The third-order valence-corrected chi connectivity index (χ3v) is 3.75.